The lowest BCUT2D eigenvalue weighted by Crippen LogP contribution is -2.55. The first-order valence-electron chi connectivity index (χ1n) is 7.90. The average molecular weight is 349 g/mol. The highest BCUT2D eigenvalue weighted by atomic mass is 35.5. The summed E-state index contributed by atoms with van der Waals surface area (Å²) in [6, 6.07) is 9.12. The molecule has 1 aliphatic heterocycles. The number of methoxy groups -OCH3 is 1. The van der Waals surface area contributed by atoms with Crippen LogP contribution in [0.15, 0.2) is 30.3 Å². The molecule has 3 rings (SSSR count). The molecule has 1 fully saturated rings. The summed E-state index contributed by atoms with van der Waals surface area (Å²) in [6.45, 7) is 5.41. The number of amides is 1. The molecule has 2 aromatic rings. The number of hydrogen-bond donors (Lipinski definition) is 0. The predicted molar refractivity (Wildman–Crippen MR) is 93.5 cm³/mol. The molecule has 1 aromatic heterocycles. The van der Waals surface area contributed by atoms with Crippen molar-refractivity contribution in [2.75, 3.05) is 26.8 Å². The van der Waals surface area contributed by atoms with Gasteiger partial charge in [-0.05, 0) is 32.0 Å². The Bertz CT molecular complexity index is 763. The smallest absolute Gasteiger partial charge is 0.272 e. The number of benzene rings is 1. The van der Waals surface area contributed by atoms with E-state index >= 15 is 0 Å². The number of pyridine rings is 1. The van der Waals surface area contributed by atoms with Crippen molar-refractivity contribution in [1.29, 1.82) is 0 Å². The maximum atomic E-state index is 12.9. The number of carbonyl (C=O) groups is 1. The molecule has 1 amide bonds. The summed E-state index contributed by atoms with van der Waals surface area (Å²) in [5, 5.41) is 1.56. The fraction of sp³-hybridized carbons (Fsp3) is 0.444. The Hall–Kier alpha value is -1.69. The maximum absolute atomic E-state index is 12.9. The molecular weight excluding hydrogens is 328 g/mol. The molecular formula is C18H21ClN2O3. The second kappa shape index (κ2) is 6.67. The topological polar surface area (TPSA) is 51.7 Å². The zero-order chi connectivity index (χ0) is 17.3. The highest BCUT2D eigenvalue weighted by molar-refractivity contribution is 6.31. The molecule has 1 aromatic carbocycles. The van der Waals surface area contributed by atoms with E-state index in [4.69, 9.17) is 21.1 Å². The fourth-order valence-electron chi connectivity index (χ4n) is 3.09. The molecule has 0 saturated carbocycles. The lowest BCUT2D eigenvalue weighted by atomic mass is 10.0. The minimum absolute atomic E-state index is 0.102. The molecule has 0 aliphatic carbocycles. The summed E-state index contributed by atoms with van der Waals surface area (Å²) in [4.78, 5) is 19.2. The lowest BCUT2D eigenvalue weighted by molar-refractivity contribution is -0.143. The number of halogens is 1. The summed E-state index contributed by atoms with van der Waals surface area (Å²) in [6.07, 6.45) is -0.141. The monoisotopic (exact) mass is 348 g/mol. The molecule has 1 aliphatic rings. The van der Waals surface area contributed by atoms with Crippen molar-refractivity contribution in [2.45, 2.75) is 25.6 Å². The molecule has 128 valence electrons. The standard InChI is InChI=1S/C18H21ClN2O3/c1-18(2)11-21(9-14(24-18)10-23-3)17(22)15-7-5-12-4-6-13(19)8-16(12)20-15/h4-8,14H,9-11H2,1-3H3/t14-/m1/s1. The Morgan fingerprint density at radius 2 is 2.17 bits per heavy atom. The van der Waals surface area contributed by atoms with Crippen molar-refractivity contribution in [3.8, 4) is 0 Å². The number of carbonyl (C=O) groups excluding carboxylic acids is 1. The maximum Gasteiger partial charge on any atom is 0.272 e. The quantitative estimate of drug-likeness (QED) is 0.855. The van der Waals surface area contributed by atoms with Crippen LogP contribution in [0.1, 0.15) is 24.3 Å². The highest BCUT2D eigenvalue weighted by Crippen LogP contribution is 2.24. The van der Waals surface area contributed by atoms with Gasteiger partial charge >= 0.3 is 0 Å². The van der Waals surface area contributed by atoms with E-state index < -0.39 is 5.60 Å². The summed E-state index contributed by atoms with van der Waals surface area (Å²) < 4.78 is 11.1. The van der Waals surface area contributed by atoms with Gasteiger partial charge in [-0.15, -0.1) is 0 Å². The molecule has 0 bridgehead atoms. The third-order valence-corrected chi connectivity index (χ3v) is 4.23. The van der Waals surface area contributed by atoms with E-state index in [1.54, 1.807) is 24.1 Å². The first kappa shape index (κ1) is 17.1. The Balaban J connectivity index is 1.87. The molecule has 0 radical (unpaired) electrons. The van der Waals surface area contributed by atoms with Crippen molar-refractivity contribution in [1.82, 2.24) is 9.88 Å². The normalized spacial score (nSPS) is 20.3. The van der Waals surface area contributed by atoms with Crippen LogP contribution in [-0.4, -0.2) is 54.3 Å². The Morgan fingerprint density at radius 3 is 2.92 bits per heavy atom. The van der Waals surface area contributed by atoms with Gasteiger partial charge in [0.05, 0.1) is 23.8 Å². The molecule has 2 heterocycles. The Morgan fingerprint density at radius 1 is 1.42 bits per heavy atom. The number of rotatable bonds is 3. The van der Waals surface area contributed by atoms with Crippen molar-refractivity contribution in [3.05, 3.63) is 41.0 Å². The van der Waals surface area contributed by atoms with Crippen molar-refractivity contribution in [2.24, 2.45) is 0 Å². The molecule has 0 spiro atoms. The minimum atomic E-state index is -0.419. The zero-order valence-electron chi connectivity index (χ0n) is 14.1. The van der Waals surface area contributed by atoms with Gasteiger partial charge in [0.1, 0.15) is 5.69 Å². The number of nitrogens with zero attached hydrogens (tertiary/aromatic N) is 2. The second-order valence-corrected chi connectivity index (χ2v) is 7.11. The van der Waals surface area contributed by atoms with E-state index in [9.17, 15) is 4.79 Å². The molecule has 1 atom stereocenters. The van der Waals surface area contributed by atoms with Gasteiger partial charge in [-0.2, -0.15) is 0 Å². The van der Waals surface area contributed by atoms with Crippen LogP contribution in [-0.2, 0) is 9.47 Å². The third-order valence-electron chi connectivity index (χ3n) is 3.99. The average Bonchev–Trinajstić information content (AvgIpc) is 2.52. The number of hydrogen-bond acceptors (Lipinski definition) is 4. The molecule has 24 heavy (non-hydrogen) atoms. The van der Waals surface area contributed by atoms with Gasteiger partial charge in [0.2, 0.25) is 0 Å². The van der Waals surface area contributed by atoms with Crippen molar-refractivity contribution < 1.29 is 14.3 Å². The zero-order valence-corrected chi connectivity index (χ0v) is 14.8. The van der Waals surface area contributed by atoms with Gasteiger partial charge < -0.3 is 14.4 Å². The Labute approximate surface area is 146 Å². The van der Waals surface area contributed by atoms with Gasteiger partial charge in [-0.3, -0.25) is 4.79 Å². The minimum Gasteiger partial charge on any atom is -0.382 e. The van der Waals surface area contributed by atoms with Crippen LogP contribution in [0, 0.1) is 0 Å². The highest BCUT2D eigenvalue weighted by Gasteiger charge is 2.36. The predicted octanol–water partition coefficient (Wildman–Crippen LogP) is 3.15. The SMILES string of the molecule is COC[C@H]1CN(C(=O)c2ccc3ccc(Cl)cc3n2)CC(C)(C)O1. The van der Waals surface area contributed by atoms with Crippen LogP contribution >= 0.6 is 11.6 Å². The molecule has 1 saturated heterocycles. The lowest BCUT2D eigenvalue weighted by Gasteiger charge is -2.42. The van der Waals surface area contributed by atoms with Crippen LogP contribution in [0.5, 0.6) is 0 Å². The van der Waals surface area contributed by atoms with E-state index in [1.807, 2.05) is 32.0 Å². The molecule has 0 N–H and O–H groups in total. The summed E-state index contributed by atoms with van der Waals surface area (Å²) in [5.41, 5.74) is 0.713. The van der Waals surface area contributed by atoms with E-state index in [0.717, 1.165) is 5.39 Å². The van der Waals surface area contributed by atoms with E-state index in [1.165, 1.54) is 0 Å². The van der Waals surface area contributed by atoms with Crippen LogP contribution in [0.4, 0.5) is 0 Å². The number of aromatic nitrogens is 1. The van der Waals surface area contributed by atoms with Crippen LogP contribution in [0.25, 0.3) is 10.9 Å². The van der Waals surface area contributed by atoms with Crippen molar-refractivity contribution >= 4 is 28.4 Å². The third kappa shape index (κ3) is 3.69. The van der Waals surface area contributed by atoms with Crippen molar-refractivity contribution in [3.63, 3.8) is 0 Å². The summed E-state index contributed by atoms with van der Waals surface area (Å²) >= 11 is 6.02. The second-order valence-electron chi connectivity index (χ2n) is 6.67. The van der Waals surface area contributed by atoms with Crippen LogP contribution < -0.4 is 0 Å². The Kier molecular flexibility index (Phi) is 4.76. The number of morpholine rings is 1. The number of fused-ring (bicyclic) bond motifs is 1. The largest absolute Gasteiger partial charge is 0.382 e. The van der Waals surface area contributed by atoms with Gasteiger partial charge in [0.15, 0.2) is 0 Å². The van der Waals surface area contributed by atoms with E-state index in [0.29, 0.717) is 35.9 Å². The number of ether oxygens (including phenoxy) is 2. The molecule has 0 unspecified atom stereocenters. The van der Waals surface area contributed by atoms with Gasteiger partial charge in [0, 0.05) is 30.6 Å². The van der Waals surface area contributed by atoms with Crippen LogP contribution in [0.2, 0.25) is 5.02 Å². The summed E-state index contributed by atoms with van der Waals surface area (Å²) in [5.74, 6) is -0.102. The van der Waals surface area contributed by atoms with Crippen LogP contribution in [0.3, 0.4) is 0 Å². The first-order chi connectivity index (χ1) is 11.4. The molecule has 5 nitrogen and oxygen atoms in total. The van der Waals surface area contributed by atoms with Gasteiger partial charge in [-0.1, -0.05) is 23.7 Å². The van der Waals surface area contributed by atoms with E-state index in [-0.39, 0.29) is 12.0 Å². The summed E-state index contributed by atoms with van der Waals surface area (Å²) in [7, 11) is 1.63. The van der Waals surface area contributed by atoms with Gasteiger partial charge in [0.25, 0.3) is 5.91 Å². The van der Waals surface area contributed by atoms with Gasteiger partial charge in [-0.25, -0.2) is 4.98 Å². The molecule has 6 heteroatoms. The first-order valence-corrected chi connectivity index (χ1v) is 8.28. The van der Waals surface area contributed by atoms with E-state index in [2.05, 4.69) is 4.98 Å². The fourth-order valence-corrected chi connectivity index (χ4v) is 3.26.